The highest BCUT2D eigenvalue weighted by Crippen LogP contribution is 2.24. The molecule has 0 aromatic carbocycles. The highest BCUT2D eigenvalue weighted by atomic mass is 28.4. The molecule has 0 saturated carbocycles. The Bertz CT molecular complexity index is 877. The molecule has 4 unspecified atom stereocenters. The van der Waals surface area contributed by atoms with Gasteiger partial charge in [0.1, 0.15) is 6.29 Å². The Kier molecular flexibility index (Phi) is 40.5. The maximum Gasteiger partial charge on any atom is 0.333 e. The summed E-state index contributed by atoms with van der Waals surface area (Å²) in [6.07, 6.45) is 41.6. The van der Waals surface area contributed by atoms with Gasteiger partial charge in [-0.25, -0.2) is 0 Å². The second kappa shape index (κ2) is 40.8. The van der Waals surface area contributed by atoms with Crippen LogP contribution in [-0.4, -0.2) is 76.0 Å². The molecule has 0 spiro atoms. The Morgan fingerprint density at radius 3 is 1.60 bits per heavy atom. The Morgan fingerprint density at radius 1 is 0.509 bits per heavy atom. The van der Waals surface area contributed by atoms with Crippen molar-refractivity contribution in [1.82, 2.24) is 4.90 Å². The van der Waals surface area contributed by atoms with Gasteiger partial charge in [-0.1, -0.05) is 169 Å². The predicted octanol–water partition coefficient (Wildman–Crippen LogP) is 14.2. The van der Waals surface area contributed by atoms with Crippen molar-refractivity contribution in [1.29, 1.82) is 0 Å². The van der Waals surface area contributed by atoms with E-state index in [4.69, 9.17) is 13.6 Å². The van der Waals surface area contributed by atoms with Gasteiger partial charge in [0.25, 0.3) is 0 Å². The molecule has 0 aromatic rings. The molecule has 340 valence electrons. The van der Waals surface area contributed by atoms with Crippen molar-refractivity contribution in [2.75, 3.05) is 46.1 Å². The summed E-state index contributed by atoms with van der Waals surface area (Å²) in [5.74, 6) is 3.24. The molecule has 0 bridgehead atoms. The topological polar surface area (TPSA) is 71.4 Å². The molecule has 2 N–H and O–H groups in total. The van der Waals surface area contributed by atoms with E-state index in [-0.39, 0.29) is 19.5 Å². The first kappa shape index (κ1) is 56.5. The van der Waals surface area contributed by atoms with Crippen molar-refractivity contribution in [2.24, 2.45) is 23.7 Å². The van der Waals surface area contributed by atoms with Gasteiger partial charge in [-0.3, -0.25) is 4.90 Å². The van der Waals surface area contributed by atoms with Gasteiger partial charge < -0.3 is 23.8 Å². The fraction of sp³-hybridized carbons (Fsp3) is 0.920. The van der Waals surface area contributed by atoms with E-state index >= 15 is 0 Å². The zero-order chi connectivity index (χ0) is 42.2. The summed E-state index contributed by atoms with van der Waals surface area (Å²) in [4.78, 5) is 2.13. The van der Waals surface area contributed by atoms with Crippen LogP contribution in [0, 0.1) is 23.7 Å². The number of aliphatic hydroxyl groups excluding tert-OH is 2. The van der Waals surface area contributed by atoms with Gasteiger partial charge in [0, 0.05) is 26.3 Å². The zero-order valence-corrected chi connectivity index (χ0v) is 40.6. The second-order valence-electron chi connectivity index (χ2n) is 18.7. The van der Waals surface area contributed by atoms with E-state index in [1.165, 1.54) is 116 Å². The zero-order valence-electron chi connectivity index (χ0n) is 39.6. The van der Waals surface area contributed by atoms with Crippen molar-refractivity contribution >= 4 is 8.56 Å². The average Bonchev–Trinajstić information content (AvgIpc) is 3.15. The van der Waals surface area contributed by atoms with Crippen molar-refractivity contribution in [3.63, 3.8) is 0 Å². The number of ether oxygens (including phenoxy) is 1. The average molecular weight is 824 g/mol. The summed E-state index contributed by atoms with van der Waals surface area (Å²) >= 11 is 0. The van der Waals surface area contributed by atoms with E-state index in [2.05, 4.69) is 83.8 Å². The molecule has 0 aliphatic heterocycles. The second-order valence-corrected chi connectivity index (χ2v) is 22.0. The molecule has 0 saturated heterocycles. The lowest BCUT2D eigenvalue weighted by molar-refractivity contribution is -0.106. The van der Waals surface area contributed by atoms with Gasteiger partial charge in [0.05, 0.1) is 13.2 Å². The number of rotatable bonds is 44. The van der Waals surface area contributed by atoms with E-state index < -0.39 is 8.56 Å². The van der Waals surface area contributed by atoms with Gasteiger partial charge in [-0.2, -0.15) is 0 Å². The third-order valence-electron chi connectivity index (χ3n) is 11.6. The van der Waals surface area contributed by atoms with Crippen LogP contribution in [0.1, 0.15) is 208 Å². The minimum Gasteiger partial charge on any atom is -0.395 e. The lowest BCUT2D eigenvalue weighted by atomic mass is 9.91. The quantitative estimate of drug-likeness (QED) is 0.0276. The van der Waals surface area contributed by atoms with Crippen molar-refractivity contribution < 1.29 is 23.8 Å². The number of allylic oxidation sites excluding steroid dienone is 4. The van der Waals surface area contributed by atoms with E-state index in [9.17, 15) is 10.2 Å². The standard InChI is InChI=1S/C50H101NO5Si/c1-9-10-11-12-13-14-15-16-17-18-19-20-21-22-25-37-50(56-57(7,8)55-44-27-24-23-26-39-51(40-42-52)41-43-53)54-45-38-49(6)36-30-35-48(5)34-29-33-47(4)32-28-31-46(2)3/h13-14,16-17,46-50,52-53H,9-12,15,18-45H2,1-8H3/b14-13-,17-16-. The molecular weight excluding hydrogens is 723 g/mol. The molecule has 0 aliphatic carbocycles. The highest BCUT2D eigenvalue weighted by Gasteiger charge is 2.29. The SMILES string of the molecule is CCCCC/C=C\C/C=C\CCCCCCCC(OCCC(C)CCCC(C)CCCC(C)CCCC(C)C)O[Si](C)(C)OCCCCCCN(CCO)CCO. The molecule has 6 nitrogen and oxygen atoms in total. The summed E-state index contributed by atoms with van der Waals surface area (Å²) < 4.78 is 19.6. The Labute approximate surface area is 358 Å². The van der Waals surface area contributed by atoms with Crippen molar-refractivity contribution in [3.8, 4) is 0 Å². The third kappa shape index (κ3) is 40.6. The molecule has 7 heteroatoms. The predicted molar refractivity (Wildman–Crippen MR) is 251 cm³/mol. The normalized spacial score (nSPS) is 14.8. The fourth-order valence-electron chi connectivity index (χ4n) is 7.71. The van der Waals surface area contributed by atoms with E-state index in [1.807, 2.05) is 0 Å². The van der Waals surface area contributed by atoms with Gasteiger partial charge in [0.2, 0.25) is 0 Å². The van der Waals surface area contributed by atoms with Crippen molar-refractivity contribution in [2.45, 2.75) is 228 Å². The van der Waals surface area contributed by atoms with Gasteiger partial charge >= 0.3 is 8.56 Å². The van der Waals surface area contributed by atoms with Crippen LogP contribution in [0.2, 0.25) is 13.1 Å². The Morgan fingerprint density at radius 2 is 1.02 bits per heavy atom. The van der Waals surface area contributed by atoms with Crippen LogP contribution in [0.15, 0.2) is 24.3 Å². The molecule has 0 aromatic heterocycles. The summed E-state index contributed by atoms with van der Waals surface area (Å²) in [6, 6.07) is 0. The summed E-state index contributed by atoms with van der Waals surface area (Å²) in [6.45, 7) is 22.6. The summed E-state index contributed by atoms with van der Waals surface area (Å²) in [5, 5.41) is 18.5. The van der Waals surface area contributed by atoms with Crippen molar-refractivity contribution in [3.05, 3.63) is 24.3 Å². The molecule has 0 fully saturated rings. The van der Waals surface area contributed by atoms with E-state index in [1.54, 1.807) is 0 Å². The first-order valence-corrected chi connectivity index (χ1v) is 27.5. The van der Waals surface area contributed by atoms with Crippen LogP contribution >= 0.6 is 0 Å². The minimum absolute atomic E-state index is 0.144. The highest BCUT2D eigenvalue weighted by molar-refractivity contribution is 6.64. The number of aliphatic hydroxyl groups is 2. The molecule has 0 amide bonds. The maximum absolute atomic E-state index is 9.24. The van der Waals surface area contributed by atoms with Gasteiger partial charge in [0.15, 0.2) is 0 Å². The number of hydrogen-bond donors (Lipinski definition) is 2. The minimum atomic E-state index is -2.33. The Balaban J connectivity index is 4.59. The summed E-state index contributed by atoms with van der Waals surface area (Å²) in [7, 11) is -2.33. The van der Waals surface area contributed by atoms with Crippen LogP contribution in [0.5, 0.6) is 0 Å². The van der Waals surface area contributed by atoms with Crippen LogP contribution < -0.4 is 0 Å². The van der Waals surface area contributed by atoms with Crippen LogP contribution in [-0.2, 0) is 13.6 Å². The van der Waals surface area contributed by atoms with Crippen LogP contribution in [0.4, 0.5) is 0 Å². The maximum atomic E-state index is 9.24. The molecule has 4 atom stereocenters. The van der Waals surface area contributed by atoms with E-state index in [0.29, 0.717) is 19.0 Å². The lowest BCUT2D eigenvalue weighted by Crippen LogP contribution is -2.40. The molecule has 0 radical (unpaired) electrons. The van der Waals surface area contributed by atoms with Crippen LogP contribution in [0.25, 0.3) is 0 Å². The number of nitrogens with zero attached hydrogens (tertiary/aromatic N) is 1. The number of unbranched alkanes of at least 4 members (excludes halogenated alkanes) is 11. The van der Waals surface area contributed by atoms with Crippen LogP contribution in [0.3, 0.4) is 0 Å². The lowest BCUT2D eigenvalue weighted by Gasteiger charge is -2.29. The molecule has 57 heavy (non-hydrogen) atoms. The molecule has 0 rings (SSSR count). The molecule has 0 heterocycles. The molecule has 0 aliphatic rings. The van der Waals surface area contributed by atoms with Gasteiger partial charge in [-0.05, 0) is 108 Å². The Hall–Kier alpha value is -0.543. The molecular formula is C50H101NO5Si. The third-order valence-corrected chi connectivity index (χ3v) is 13.4. The first-order chi connectivity index (χ1) is 27.5. The largest absolute Gasteiger partial charge is 0.395 e. The first-order valence-electron chi connectivity index (χ1n) is 24.7. The monoisotopic (exact) mass is 824 g/mol. The smallest absolute Gasteiger partial charge is 0.333 e. The number of hydrogen-bond acceptors (Lipinski definition) is 6. The van der Waals surface area contributed by atoms with E-state index in [0.717, 1.165) is 88.9 Å². The van der Waals surface area contributed by atoms with Gasteiger partial charge in [-0.15, -0.1) is 0 Å². The fourth-order valence-corrected chi connectivity index (χ4v) is 9.24. The summed E-state index contributed by atoms with van der Waals surface area (Å²) in [5.41, 5.74) is 0.